The van der Waals surface area contributed by atoms with E-state index in [4.69, 9.17) is 16.3 Å². The molecule has 0 aliphatic rings. The molecule has 0 radical (unpaired) electrons. The number of halogens is 1. The highest BCUT2D eigenvalue weighted by atomic mass is 35.5. The second-order valence-corrected chi connectivity index (χ2v) is 4.86. The van der Waals surface area contributed by atoms with Gasteiger partial charge in [0.1, 0.15) is 0 Å². The third-order valence-corrected chi connectivity index (χ3v) is 3.43. The Hall–Kier alpha value is -1.40. The summed E-state index contributed by atoms with van der Waals surface area (Å²) < 4.78 is 5.20. The quantitative estimate of drug-likeness (QED) is 0.915. The summed E-state index contributed by atoms with van der Waals surface area (Å²) >= 11 is 7.49. The maximum Gasteiger partial charge on any atom is 0.322 e. The van der Waals surface area contributed by atoms with Crippen LogP contribution in [-0.2, 0) is 6.54 Å². The monoisotopic (exact) mass is 284 g/mol. The number of hydrogen-bond acceptors (Lipinski definition) is 6. The molecule has 0 aliphatic heterocycles. The summed E-state index contributed by atoms with van der Waals surface area (Å²) in [5.41, 5.74) is 1.25. The summed E-state index contributed by atoms with van der Waals surface area (Å²) in [4.78, 5) is 13.2. The van der Waals surface area contributed by atoms with Gasteiger partial charge in [-0.2, -0.15) is 15.0 Å². The van der Waals surface area contributed by atoms with Crippen LogP contribution in [0.15, 0.2) is 11.4 Å². The molecule has 0 saturated carbocycles. The lowest BCUT2D eigenvalue weighted by molar-refractivity contribution is 0.312. The van der Waals surface area contributed by atoms with Gasteiger partial charge in [-0.1, -0.05) is 0 Å². The Bertz CT molecular complexity index is 532. The highest BCUT2D eigenvalue weighted by Crippen LogP contribution is 2.17. The van der Waals surface area contributed by atoms with Crippen molar-refractivity contribution in [2.24, 2.45) is 0 Å². The van der Waals surface area contributed by atoms with Crippen LogP contribution < -0.4 is 10.1 Å². The van der Waals surface area contributed by atoms with Crippen molar-refractivity contribution in [3.8, 4) is 6.01 Å². The van der Waals surface area contributed by atoms with Gasteiger partial charge in [0.05, 0.1) is 13.2 Å². The first kappa shape index (κ1) is 13.0. The number of anilines is 1. The van der Waals surface area contributed by atoms with Gasteiger partial charge in [-0.05, 0) is 42.5 Å². The molecule has 0 fully saturated rings. The van der Waals surface area contributed by atoms with Crippen molar-refractivity contribution in [2.45, 2.75) is 20.4 Å². The van der Waals surface area contributed by atoms with Crippen LogP contribution in [0.3, 0.4) is 0 Å². The number of nitrogens with one attached hydrogen (secondary N) is 1. The standard InChI is InChI=1S/C11H13ClN4OS/c1-3-17-11-15-9(12)14-10(16-11)13-6-8-7(2)4-5-18-8/h4-5H,3,6H2,1-2H3,(H,13,14,15,16). The summed E-state index contributed by atoms with van der Waals surface area (Å²) in [6, 6.07) is 2.32. The van der Waals surface area contributed by atoms with E-state index in [1.165, 1.54) is 10.4 Å². The van der Waals surface area contributed by atoms with Crippen molar-refractivity contribution in [1.82, 2.24) is 15.0 Å². The van der Waals surface area contributed by atoms with Crippen molar-refractivity contribution >= 4 is 28.9 Å². The summed E-state index contributed by atoms with van der Waals surface area (Å²) in [6.07, 6.45) is 0. The minimum atomic E-state index is 0.124. The van der Waals surface area contributed by atoms with Crippen molar-refractivity contribution < 1.29 is 4.74 Å². The lowest BCUT2D eigenvalue weighted by Crippen LogP contribution is -2.06. The molecular formula is C11H13ClN4OS. The smallest absolute Gasteiger partial charge is 0.322 e. The molecule has 0 aromatic carbocycles. The SMILES string of the molecule is CCOc1nc(Cl)nc(NCc2sccc2C)n1. The van der Waals surface area contributed by atoms with E-state index < -0.39 is 0 Å². The Morgan fingerprint density at radius 2 is 2.22 bits per heavy atom. The molecule has 96 valence electrons. The van der Waals surface area contributed by atoms with Crippen LogP contribution in [0.4, 0.5) is 5.95 Å². The Labute approximate surface area is 114 Å². The molecule has 2 aromatic rings. The minimum absolute atomic E-state index is 0.124. The zero-order valence-corrected chi connectivity index (χ0v) is 11.7. The van der Waals surface area contributed by atoms with Crippen molar-refractivity contribution in [3.05, 3.63) is 27.2 Å². The fourth-order valence-electron chi connectivity index (χ4n) is 1.35. The lowest BCUT2D eigenvalue weighted by Gasteiger charge is -2.06. The first-order chi connectivity index (χ1) is 8.69. The average Bonchev–Trinajstić information content (AvgIpc) is 2.72. The van der Waals surface area contributed by atoms with Crippen LogP contribution in [0.25, 0.3) is 0 Å². The number of rotatable bonds is 5. The van der Waals surface area contributed by atoms with Crippen LogP contribution >= 0.6 is 22.9 Å². The maximum atomic E-state index is 5.80. The molecule has 5 nitrogen and oxygen atoms in total. The minimum Gasteiger partial charge on any atom is -0.464 e. The van der Waals surface area contributed by atoms with E-state index in [1.807, 2.05) is 6.92 Å². The predicted octanol–water partition coefficient (Wildman–Crippen LogP) is 2.91. The predicted molar refractivity (Wildman–Crippen MR) is 72.4 cm³/mol. The fourth-order valence-corrected chi connectivity index (χ4v) is 2.35. The van der Waals surface area contributed by atoms with E-state index in [-0.39, 0.29) is 11.3 Å². The first-order valence-electron chi connectivity index (χ1n) is 5.50. The van der Waals surface area contributed by atoms with Gasteiger partial charge >= 0.3 is 6.01 Å². The second kappa shape index (κ2) is 5.97. The number of hydrogen-bond donors (Lipinski definition) is 1. The van der Waals surface area contributed by atoms with Gasteiger partial charge in [0, 0.05) is 4.88 Å². The number of aromatic nitrogens is 3. The van der Waals surface area contributed by atoms with E-state index >= 15 is 0 Å². The van der Waals surface area contributed by atoms with Gasteiger partial charge in [-0.25, -0.2) is 0 Å². The molecule has 1 N–H and O–H groups in total. The molecule has 0 bridgehead atoms. The number of aryl methyl sites for hydroxylation is 1. The van der Waals surface area contributed by atoms with E-state index in [1.54, 1.807) is 11.3 Å². The molecule has 2 rings (SSSR count). The van der Waals surface area contributed by atoms with Gasteiger partial charge < -0.3 is 10.1 Å². The zero-order valence-electron chi connectivity index (χ0n) is 10.1. The Morgan fingerprint density at radius 1 is 1.39 bits per heavy atom. The third-order valence-electron chi connectivity index (χ3n) is 2.24. The molecule has 0 aliphatic carbocycles. The molecule has 0 unspecified atom stereocenters. The van der Waals surface area contributed by atoms with E-state index in [2.05, 4.69) is 38.6 Å². The number of nitrogens with zero attached hydrogens (tertiary/aromatic N) is 3. The van der Waals surface area contributed by atoms with Crippen molar-refractivity contribution in [3.63, 3.8) is 0 Å². The highest BCUT2D eigenvalue weighted by molar-refractivity contribution is 7.10. The van der Waals surface area contributed by atoms with Crippen LogP contribution in [-0.4, -0.2) is 21.6 Å². The van der Waals surface area contributed by atoms with Crippen LogP contribution in [0.1, 0.15) is 17.4 Å². The van der Waals surface area contributed by atoms with E-state index in [9.17, 15) is 0 Å². The molecule has 2 heterocycles. The van der Waals surface area contributed by atoms with E-state index in [0.717, 1.165) is 0 Å². The molecule has 7 heteroatoms. The maximum absolute atomic E-state index is 5.80. The van der Waals surface area contributed by atoms with Gasteiger partial charge in [-0.15, -0.1) is 11.3 Å². The number of ether oxygens (including phenoxy) is 1. The largest absolute Gasteiger partial charge is 0.464 e. The second-order valence-electron chi connectivity index (χ2n) is 3.52. The molecule has 18 heavy (non-hydrogen) atoms. The average molecular weight is 285 g/mol. The zero-order chi connectivity index (χ0) is 13.0. The normalized spacial score (nSPS) is 10.4. The summed E-state index contributed by atoms with van der Waals surface area (Å²) in [5, 5.41) is 5.29. The van der Waals surface area contributed by atoms with Gasteiger partial charge in [0.25, 0.3) is 0 Å². The molecule has 0 spiro atoms. The molecular weight excluding hydrogens is 272 g/mol. The summed E-state index contributed by atoms with van der Waals surface area (Å²) in [5.74, 6) is 0.422. The van der Waals surface area contributed by atoms with Crippen molar-refractivity contribution in [2.75, 3.05) is 11.9 Å². The number of thiophene rings is 1. The Kier molecular flexibility index (Phi) is 4.33. The van der Waals surface area contributed by atoms with Crippen LogP contribution in [0.2, 0.25) is 5.28 Å². The summed E-state index contributed by atoms with van der Waals surface area (Å²) in [7, 11) is 0. The van der Waals surface area contributed by atoms with Gasteiger partial charge in [0.15, 0.2) is 0 Å². The Balaban J connectivity index is 2.07. The van der Waals surface area contributed by atoms with Gasteiger partial charge in [-0.3, -0.25) is 0 Å². The van der Waals surface area contributed by atoms with Crippen LogP contribution in [0, 0.1) is 6.92 Å². The first-order valence-corrected chi connectivity index (χ1v) is 6.76. The molecule has 0 saturated heterocycles. The summed E-state index contributed by atoms with van der Waals surface area (Å²) in [6.45, 7) is 5.08. The third kappa shape index (κ3) is 3.30. The molecule has 2 aromatic heterocycles. The molecule has 0 atom stereocenters. The van der Waals surface area contributed by atoms with Crippen molar-refractivity contribution in [1.29, 1.82) is 0 Å². The fraction of sp³-hybridized carbons (Fsp3) is 0.364. The van der Waals surface area contributed by atoms with E-state index in [0.29, 0.717) is 19.1 Å². The topological polar surface area (TPSA) is 59.9 Å². The van der Waals surface area contributed by atoms with Crippen LogP contribution in [0.5, 0.6) is 6.01 Å². The lowest BCUT2D eigenvalue weighted by atomic mass is 10.3. The molecule has 0 amide bonds. The Morgan fingerprint density at radius 3 is 2.89 bits per heavy atom. The van der Waals surface area contributed by atoms with Gasteiger partial charge in [0.2, 0.25) is 11.2 Å². The highest BCUT2D eigenvalue weighted by Gasteiger charge is 2.06.